The van der Waals surface area contributed by atoms with E-state index in [-0.39, 0.29) is 19.1 Å². The van der Waals surface area contributed by atoms with Crippen molar-refractivity contribution < 1.29 is 105 Å². The fraction of sp³-hybridized carbons (Fsp3) is 0.471. The normalized spacial score (nSPS) is 24.3. The average Bonchev–Trinajstić information content (AvgIpc) is 3.66. The molecule has 0 unspecified atom stereocenters. The molecular weight excluding hydrogens is 979 g/mol. The van der Waals surface area contributed by atoms with Gasteiger partial charge in [-0.25, -0.2) is 9.59 Å². The van der Waals surface area contributed by atoms with Crippen LogP contribution in [0.4, 0.5) is 4.79 Å². The van der Waals surface area contributed by atoms with E-state index in [1.54, 1.807) is 30.3 Å². The molecule has 1 amide bonds. The van der Waals surface area contributed by atoms with Crippen molar-refractivity contribution in [2.45, 2.75) is 128 Å². The highest BCUT2D eigenvalue weighted by molar-refractivity contribution is 5.82. The maximum absolute atomic E-state index is 13.9. The predicted molar refractivity (Wildman–Crippen MR) is 247 cm³/mol. The van der Waals surface area contributed by atoms with E-state index >= 15 is 0 Å². The molecule has 23 heteroatoms. The van der Waals surface area contributed by atoms with E-state index in [9.17, 15) is 43.2 Å². The SMILES string of the molecule is CC(=O)OC[C@H]1O[C@@H](O[C@H]2[C@H](OC(C)=O)[C@@H](OC(C)=O)[C@H](OC[C@H](NC(=O)OCC3c4ccccc4-c4ccccc43)C(=O)OCc3ccccc3)O[C@@H]2COC(C)=O)[C@H](OC(C)=O)[C@@H](OC(C)=O)[C@H]1OC(C)=O. The number of fused-ring (bicyclic) bond motifs is 3. The molecule has 11 atom stereocenters. The molecule has 3 aromatic carbocycles. The van der Waals surface area contributed by atoms with E-state index in [2.05, 4.69) is 5.32 Å². The lowest BCUT2D eigenvalue weighted by atomic mass is 9.96. The zero-order valence-corrected chi connectivity index (χ0v) is 41.5. The lowest BCUT2D eigenvalue weighted by molar-refractivity contribution is -0.361. The number of ether oxygens (including phenoxy) is 13. The minimum atomic E-state index is -1.93. The van der Waals surface area contributed by atoms with E-state index < -0.39 is 141 Å². The van der Waals surface area contributed by atoms with Gasteiger partial charge in [0.1, 0.15) is 44.7 Å². The van der Waals surface area contributed by atoms with Crippen molar-refractivity contribution in [2.75, 3.05) is 26.4 Å². The minimum Gasteiger partial charge on any atom is -0.463 e. The Morgan fingerprint density at radius 3 is 1.45 bits per heavy atom. The van der Waals surface area contributed by atoms with Crippen molar-refractivity contribution >= 4 is 53.8 Å². The number of hydrogen-bond acceptors (Lipinski definition) is 22. The maximum Gasteiger partial charge on any atom is 0.407 e. The fourth-order valence-electron chi connectivity index (χ4n) is 8.58. The summed E-state index contributed by atoms with van der Waals surface area (Å²) in [6, 6.07) is 22.3. The number of benzene rings is 3. The third kappa shape index (κ3) is 15.1. The third-order valence-electron chi connectivity index (χ3n) is 11.5. The molecule has 3 aromatic rings. The molecule has 2 fully saturated rings. The number of alkyl carbamates (subject to hydrolysis) is 1. The zero-order valence-electron chi connectivity index (χ0n) is 41.5. The molecule has 2 saturated heterocycles. The fourth-order valence-corrected chi connectivity index (χ4v) is 8.58. The van der Waals surface area contributed by atoms with Crippen LogP contribution < -0.4 is 5.32 Å². The van der Waals surface area contributed by atoms with E-state index in [1.807, 2.05) is 48.5 Å². The van der Waals surface area contributed by atoms with E-state index in [0.717, 1.165) is 70.7 Å². The molecule has 0 spiro atoms. The number of carbonyl (C=O) groups excluding carboxylic acids is 9. The summed E-state index contributed by atoms with van der Waals surface area (Å²) in [5.41, 5.74) is 4.42. The minimum absolute atomic E-state index is 0.129. The van der Waals surface area contributed by atoms with Crippen LogP contribution in [0.2, 0.25) is 0 Å². The van der Waals surface area contributed by atoms with Gasteiger partial charge in [0.2, 0.25) is 0 Å². The van der Waals surface area contributed by atoms with Crippen LogP contribution in [0.3, 0.4) is 0 Å². The molecule has 2 heterocycles. The van der Waals surface area contributed by atoms with Crippen LogP contribution in [0.1, 0.15) is 71.1 Å². The van der Waals surface area contributed by atoms with E-state index in [4.69, 9.17) is 61.6 Å². The number of amides is 1. The number of carbonyl (C=O) groups is 9. The Hall–Kier alpha value is -7.47. The van der Waals surface area contributed by atoms with Gasteiger partial charge in [-0.2, -0.15) is 0 Å². The van der Waals surface area contributed by atoms with Gasteiger partial charge in [-0.15, -0.1) is 0 Å². The molecule has 398 valence electrons. The van der Waals surface area contributed by atoms with Crippen LogP contribution >= 0.6 is 0 Å². The Bertz CT molecular complexity index is 2470. The molecule has 0 aromatic heterocycles. The van der Waals surface area contributed by atoms with Crippen LogP contribution in [0.25, 0.3) is 11.1 Å². The smallest absolute Gasteiger partial charge is 0.407 e. The van der Waals surface area contributed by atoms with Crippen LogP contribution in [0.5, 0.6) is 0 Å². The van der Waals surface area contributed by atoms with Crippen molar-refractivity contribution in [2.24, 2.45) is 0 Å². The second kappa shape index (κ2) is 26.0. The largest absolute Gasteiger partial charge is 0.463 e. The van der Waals surface area contributed by atoms with Crippen molar-refractivity contribution in [3.05, 3.63) is 95.6 Å². The molecule has 3 aliphatic rings. The van der Waals surface area contributed by atoms with Crippen molar-refractivity contribution in [3.63, 3.8) is 0 Å². The number of hydrogen-bond donors (Lipinski definition) is 1. The molecule has 6 rings (SSSR count). The Morgan fingerprint density at radius 1 is 0.473 bits per heavy atom. The number of esters is 8. The molecule has 0 saturated carbocycles. The average molecular weight is 1040 g/mol. The highest BCUT2D eigenvalue weighted by Gasteiger charge is 2.58. The van der Waals surface area contributed by atoms with Gasteiger partial charge < -0.3 is 66.9 Å². The highest BCUT2D eigenvalue weighted by atomic mass is 16.8. The summed E-state index contributed by atoms with van der Waals surface area (Å²) in [7, 11) is 0. The summed E-state index contributed by atoms with van der Waals surface area (Å²) in [6.07, 6.45) is -18.4. The summed E-state index contributed by atoms with van der Waals surface area (Å²) in [4.78, 5) is 115. The standard InChI is InChI=1S/C51H57NO22/c1-26(53)62-24-40-42(67-28(3)55)44(68-29(4)56)47(71-32(7)59)50(73-40)74-43-41(25-63-27(2)54)72-49(46(70-31(6)58)45(43)69-30(5)57)65-23-39(48(60)64-21-33-15-9-8-10-16-33)52-51(61)66-22-38-36-19-13-11-17-34(36)35-18-12-14-20-37(35)38/h8-20,38-47,49-50H,21-25H2,1-7H3,(H,52,61)/t39-,40+,41+,42-,43+,44-,45-,46+,47+,49+,50-/m0/s1. The summed E-state index contributed by atoms with van der Waals surface area (Å²) in [5, 5.41) is 2.49. The highest BCUT2D eigenvalue weighted by Crippen LogP contribution is 2.44. The third-order valence-corrected chi connectivity index (χ3v) is 11.5. The Labute approximate surface area is 424 Å². The van der Waals surface area contributed by atoms with E-state index in [1.165, 1.54) is 0 Å². The van der Waals surface area contributed by atoms with Crippen LogP contribution in [0, 0.1) is 0 Å². The first-order valence-corrected chi connectivity index (χ1v) is 23.3. The summed E-state index contributed by atoms with van der Waals surface area (Å²) < 4.78 is 74.7. The zero-order chi connectivity index (χ0) is 53.6. The van der Waals surface area contributed by atoms with Gasteiger partial charge in [0.25, 0.3) is 0 Å². The second-order valence-electron chi connectivity index (χ2n) is 17.1. The van der Waals surface area contributed by atoms with Crippen molar-refractivity contribution in [3.8, 4) is 11.1 Å². The molecule has 1 N–H and O–H groups in total. The molecule has 0 bridgehead atoms. The summed E-state index contributed by atoms with van der Waals surface area (Å²) in [6.45, 7) is 4.69. The van der Waals surface area contributed by atoms with E-state index in [0.29, 0.717) is 5.56 Å². The molecule has 2 aliphatic heterocycles. The van der Waals surface area contributed by atoms with Gasteiger partial charge in [-0.3, -0.25) is 33.6 Å². The first-order chi connectivity index (χ1) is 35.3. The van der Waals surface area contributed by atoms with Gasteiger partial charge in [0, 0.05) is 54.4 Å². The van der Waals surface area contributed by atoms with Crippen LogP contribution in [-0.2, 0) is 107 Å². The van der Waals surface area contributed by atoms with Crippen LogP contribution in [-0.4, -0.2) is 148 Å². The lowest BCUT2D eigenvalue weighted by Crippen LogP contribution is -2.67. The van der Waals surface area contributed by atoms with Gasteiger partial charge in [0.15, 0.2) is 49.1 Å². The molecular formula is C51H57NO22. The molecule has 1 aliphatic carbocycles. The lowest BCUT2D eigenvalue weighted by Gasteiger charge is -2.48. The molecule has 0 radical (unpaired) electrons. The summed E-state index contributed by atoms with van der Waals surface area (Å²) >= 11 is 0. The van der Waals surface area contributed by atoms with Gasteiger partial charge in [-0.05, 0) is 27.8 Å². The van der Waals surface area contributed by atoms with Gasteiger partial charge >= 0.3 is 53.8 Å². The second-order valence-corrected chi connectivity index (χ2v) is 17.1. The Morgan fingerprint density at radius 2 is 0.919 bits per heavy atom. The Kier molecular flexibility index (Phi) is 19.6. The number of rotatable bonds is 20. The molecule has 74 heavy (non-hydrogen) atoms. The van der Waals surface area contributed by atoms with Gasteiger partial charge in [-0.1, -0.05) is 78.9 Å². The monoisotopic (exact) mass is 1040 g/mol. The Balaban J connectivity index is 1.31. The first-order valence-electron chi connectivity index (χ1n) is 23.3. The maximum atomic E-state index is 13.9. The molecule has 23 nitrogen and oxygen atoms in total. The number of nitrogens with one attached hydrogen (secondary N) is 1. The summed E-state index contributed by atoms with van der Waals surface area (Å²) in [5.74, 6) is -7.79. The van der Waals surface area contributed by atoms with Gasteiger partial charge in [0.05, 0.1) is 6.61 Å². The van der Waals surface area contributed by atoms with Crippen LogP contribution in [0.15, 0.2) is 78.9 Å². The van der Waals surface area contributed by atoms with Crippen molar-refractivity contribution in [1.29, 1.82) is 0 Å². The quantitative estimate of drug-likeness (QED) is 0.125. The predicted octanol–water partition coefficient (Wildman–Crippen LogP) is 3.27. The first kappa shape index (κ1) is 55.8. The topological polar surface area (TPSA) is 286 Å². The van der Waals surface area contributed by atoms with Crippen molar-refractivity contribution in [1.82, 2.24) is 5.32 Å².